The lowest BCUT2D eigenvalue weighted by Gasteiger charge is -2.29. The molecule has 10 N–H and O–H groups in total. The van der Waals surface area contributed by atoms with E-state index in [2.05, 4.69) is 47.2 Å². The van der Waals surface area contributed by atoms with E-state index in [-0.39, 0.29) is 42.4 Å². The van der Waals surface area contributed by atoms with Crippen LogP contribution in [0, 0.1) is 11.8 Å². The first kappa shape index (κ1) is 39.7. The molecule has 0 spiro atoms. The number of nitrogens with zero attached hydrogens (tertiary/aromatic N) is 3. The van der Waals surface area contributed by atoms with E-state index in [0.717, 1.165) is 0 Å². The molecule has 18 nitrogen and oxygen atoms in total. The Morgan fingerprint density at radius 1 is 0.824 bits per heavy atom. The maximum atomic E-state index is 13.8. The van der Waals surface area contributed by atoms with E-state index in [9.17, 15) is 39.0 Å². The van der Waals surface area contributed by atoms with Gasteiger partial charge in [0, 0.05) is 12.2 Å². The number of nitrogens with two attached hydrogens (primary N) is 1. The topological polar surface area (TPSA) is 284 Å². The summed E-state index contributed by atoms with van der Waals surface area (Å²) in [6.07, 6.45) is -1.61. The van der Waals surface area contributed by atoms with Gasteiger partial charge in [-0.2, -0.15) is 5.21 Å². The second-order valence-electron chi connectivity index (χ2n) is 12.5. The Kier molecular flexibility index (Phi) is 14.7. The van der Waals surface area contributed by atoms with Gasteiger partial charge in [0.15, 0.2) is 6.10 Å². The third kappa shape index (κ3) is 12.0. The van der Waals surface area contributed by atoms with Crippen molar-refractivity contribution in [2.24, 2.45) is 17.6 Å². The van der Waals surface area contributed by atoms with Crippen molar-refractivity contribution in [1.82, 2.24) is 41.9 Å². The molecule has 2 aromatic carbocycles. The van der Waals surface area contributed by atoms with Crippen molar-refractivity contribution < 1.29 is 39.0 Å². The number of hydrogen-bond acceptors (Lipinski definition) is 11. The maximum Gasteiger partial charge on any atom is 0.335 e. The molecule has 18 heteroatoms. The highest BCUT2D eigenvalue weighted by molar-refractivity contribution is 5.98. The molecule has 3 aromatic rings. The lowest BCUT2D eigenvalue weighted by atomic mass is 9.97. The highest BCUT2D eigenvalue weighted by Gasteiger charge is 2.34. The zero-order valence-electron chi connectivity index (χ0n) is 28.6. The number of carboxylic acids is 1. The van der Waals surface area contributed by atoms with Gasteiger partial charge in [0.05, 0.1) is 11.6 Å². The van der Waals surface area contributed by atoms with Gasteiger partial charge in [-0.05, 0) is 53.7 Å². The average molecular weight is 709 g/mol. The van der Waals surface area contributed by atoms with Crippen molar-refractivity contribution in [2.45, 2.75) is 70.8 Å². The van der Waals surface area contributed by atoms with E-state index < -0.39 is 71.7 Å². The molecule has 0 aliphatic heterocycles. The van der Waals surface area contributed by atoms with Gasteiger partial charge in [0.25, 0.3) is 17.6 Å². The predicted octanol–water partition coefficient (Wildman–Crippen LogP) is -0.646. The summed E-state index contributed by atoms with van der Waals surface area (Å²) >= 11 is 0. The molecule has 0 saturated carbocycles. The number of anilines is 1. The molecular weight excluding hydrogens is 664 g/mol. The summed E-state index contributed by atoms with van der Waals surface area (Å²) in [6.45, 7) is 6.70. The first-order valence-electron chi connectivity index (χ1n) is 16.2. The Morgan fingerprint density at radius 3 is 2.10 bits per heavy atom. The number of aromatic carboxylic acids is 1. The van der Waals surface area contributed by atoms with Crippen LogP contribution in [0.3, 0.4) is 0 Å². The normalized spacial score (nSPS) is 14.0. The monoisotopic (exact) mass is 708 g/mol. The first-order valence-corrected chi connectivity index (χ1v) is 16.2. The van der Waals surface area contributed by atoms with Crippen LogP contribution >= 0.6 is 0 Å². The fraction of sp³-hybridized carbons (Fsp3) is 0.424. The lowest BCUT2D eigenvalue weighted by Crippen LogP contribution is -2.60. The standard InChI is InChI=1S/C33H44N10O8/c1-17(2)13-23(37-30(47)25(18(3)4)39-29(46)24(16-34)38-32(49)27-40-42-43-41-27)28(45)36-22(14-19-9-6-5-7-10-19)26(44)31(48)35-21-12-8-11-20(15-21)33(50)51/h5-12,15,17-18,22-26,44H,13-14,16,34H2,1-4H3,(H,35,48)(H,36,45)(H,37,47)(H,38,49)(H,39,46)(H,50,51)(H,40,41,42,43)/t22-,23-,24-,25-,26+/m0/s1. The van der Waals surface area contributed by atoms with Crippen molar-refractivity contribution >= 4 is 41.2 Å². The number of carboxylic acid groups (broad SMARTS) is 1. The van der Waals surface area contributed by atoms with E-state index in [1.807, 2.05) is 13.8 Å². The zero-order valence-corrected chi connectivity index (χ0v) is 28.6. The van der Waals surface area contributed by atoms with Crippen molar-refractivity contribution in [3.05, 3.63) is 71.5 Å². The average Bonchev–Trinajstić information content (AvgIpc) is 3.64. The fourth-order valence-electron chi connectivity index (χ4n) is 4.99. The molecule has 3 rings (SSSR count). The van der Waals surface area contributed by atoms with Crippen molar-refractivity contribution in [3.63, 3.8) is 0 Å². The first-order chi connectivity index (χ1) is 24.2. The van der Waals surface area contributed by atoms with E-state index in [4.69, 9.17) is 5.73 Å². The van der Waals surface area contributed by atoms with Crippen LogP contribution < -0.4 is 32.3 Å². The van der Waals surface area contributed by atoms with Crippen LogP contribution in [0.2, 0.25) is 0 Å². The van der Waals surface area contributed by atoms with Crippen LogP contribution in [0.25, 0.3) is 0 Å². The van der Waals surface area contributed by atoms with Crippen LogP contribution in [0.15, 0.2) is 54.6 Å². The number of hydrogen-bond donors (Lipinski definition) is 9. The second kappa shape index (κ2) is 18.9. The summed E-state index contributed by atoms with van der Waals surface area (Å²) in [4.78, 5) is 77.5. The Labute approximate surface area is 293 Å². The number of rotatable bonds is 18. The number of aromatic nitrogens is 4. The summed E-state index contributed by atoms with van der Waals surface area (Å²) < 4.78 is 0. The molecule has 5 amide bonds. The van der Waals surface area contributed by atoms with Gasteiger partial charge in [0.2, 0.25) is 17.7 Å². The van der Waals surface area contributed by atoms with E-state index >= 15 is 0 Å². The van der Waals surface area contributed by atoms with Gasteiger partial charge in [-0.15, -0.1) is 10.2 Å². The molecule has 0 unspecified atom stereocenters. The van der Waals surface area contributed by atoms with Crippen molar-refractivity contribution in [2.75, 3.05) is 11.9 Å². The molecule has 0 radical (unpaired) electrons. The van der Waals surface area contributed by atoms with Gasteiger partial charge in [0.1, 0.15) is 18.1 Å². The van der Waals surface area contributed by atoms with E-state index in [1.165, 1.54) is 24.3 Å². The number of carbonyl (C=O) groups excluding carboxylic acids is 5. The summed E-state index contributed by atoms with van der Waals surface area (Å²) in [6, 6.07) is 9.52. The molecule has 0 aliphatic rings. The molecule has 0 bridgehead atoms. The minimum absolute atomic E-state index is 0.0272. The Hall–Kier alpha value is -5.75. The van der Waals surface area contributed by atoms with Gasteiger partial charge in [-0.25, -0.2) is 4.79 Å². The zero-order chi connectivity index (χ0) is 37.7. The minimum Gasteiger partial charge on any atom is -0.478 e. The number of aromatic amines is 1. The molecule has 5 atom stereocenters. The predicted molar refractivity (Wildman–Crippen MR) is 183 cm³/mol. The quantitative estimate of drug-likeness (QED) is 0.0797. The molecule has 1 aromatic heterocycles. The van der Waals surface area contributed by atoms with Gasteiger partial charge in [-0.3, -0.25) is 24.0 Å². The number of H-pyrrole nitrogens is 1. The summed E-state index contributed by atoms with van der Waals surface area (Å²) in [5, 5.41) is 45.9. The SMILES string of the molecule is CC(C)C[C@H](NC(=O)[C@@H](NC(=O)[C@H](CN)NC(=O)c1nn[nH]n1)C(C)C)C(=O)N[C@@H](Cc1ccccc1)[C@@H](O)C(=O)Nc1cccc(C(=O)O)c1. The molecule has 0 fully saturated rings. The number of tetrazole rings is 1. The highest BCUT2D eigenvalue weighted by Crippen LogP contribution is 2.15. The van der Waals surface area contributed by atoms with E-state index in [1.54, 1.807) is 44.2 Å². The number of aliphatic hydroxyl groups is 1. The Morgan fingerprint density at radius 2 is 1.51 bits per heavy atom. The van der Waals surface area contributed by atoms with Crippen LogP contribution in [0.4, 0.5) is 5.69 Å². The summed E-state index contributed by atoms with van der Waals surface area (Å²) in [5.74, 6) is -5.97. The maximum absolute atomic E-state index is 13.8. The third-order valence-corrected chi connectivity index (χ3v) is 7.65. The van der Waals surface area contributed by atoms with Gasteiger partial charge in [-0.1, -0.05) is 64.1 Å². The Bertz CT molecular complexity index is 1650. The van der Waals surface area contributed by atoms with Gasteiger partial charge >= 0.3 is 5.97 Å². The number of benzene rings is 2. The second-order valence-corrected chi connectivity index (χ2v) is 12.5. The fourth-order valence-corrected chi connectivity index (χ4v) is 4.99. The van der Waals surface area contributed by atoms with Crippen LogP contribution in [-0.2, 0) is 25.6 Å². The van der Waals surface area contributed by atoms with Crippen LogP contribution in [0.1, 0.15) is 60.7 Å². The number of amides is 5. The minimum atomic E-state index is -1.79. The largest absolute Gasteiger partial charge is 0.478 e. The molecule has 274 valence electrons. The number of nitrogens with one attached hydrogen (secondary N) is 6. The molecule has 0 saturated heterocycles. The molecule has 1 heterocycles. The van der Waals surface area contributed by atoms with Crippen molar-refractivity contribution in [3.8, 4) is 0 Å². The molecular formula is C33H44N10O8. The summed E-state index contributed by atoms with van der Waals surface area (Å²) in [7, 11) is 0. The van der Waals surface area contributed by atoms with Crippen LogP contribution in [0.5, 0.6) is 0 Å². The summed E-state index contributed by atoms with van der Waals surface area (Å²) in [5.41, 5.74) is 6.46. The van der Waals surface area contributed by atoms with Gasteiger partial charge < -0.3 is 42.5 Å². The number of carbonyl (C=O) groups is 6. The van der Waals surface area contributed by atoms with Crippen LogP contribution in [-0.4, -0.2) is 103 Å². The third-order valence-electron chi connectivity index (χ3n) is 7.65. The molecule has 0 aliphatic carbocycles. The Balaban J connectivity index is 1.78. The molecule has 51 heavy (non-hydrogen) atoms. The van der Waals surface area contributed by atoms with E-state index in [0.29, 0.717) is 5.56 Å². The lowest BCUT2D eigenvalue weighted by molar-refractivity contribution is -0.134. The van der Waals surface area contributed by atoms with Crippen molar-refractivity contribution in [1.29, 1.82) is 0 Å². The number of aliphatic hydroxyl groups excluding tert-OH is 1. The smallest absolute Gasteiger partial charge is 0.335 e. The highest BCUT2D eigenvalue weighted by atomic mass is 16.4.